The Labute approximate surface area is 158 Å². The molecule has 7 heteroatoms. The lowest BCUT2D eigenvalue weighted by Crippen LogP contribution is -2.47. The Morgan fingerprint density at radius 2 is 1.85 bits per heavy atom. The standard InChI is InChI=1S/C19H37N5O2/c1-4-20-19(22-8-7-21-18(25)16-5-6-16)23-14-17(13-15(2)3)24-9-11-26-12-10-24/h15-17H,4-14H2,1-3H3,(H,21,25)(H2,20,22,23). The number of nitrogens with zero attached hydrogens (tertiary/aromatic N) is 2. The molecule has 7 nitrogen and oxygen atoms in total. The van der Waals surface area contributed by atoms with Crippen molar-refractivity contribution < 1.29 is 9.53 Å². The molecule has 0 bridgehead atoms. The van der Waals surface area contributed by atoms with E-state index in [4.69, 9.17) is 9.73 Å². The van der Waals surface area contributed by atoms with Gasteiger partial charge in [-0.1, -0.05) is 13.8 Å². The molecular weight excluding hydrogens is 330 g/mol. The van der Waals surface area contributed by atoms with Crippen molar-refractivity contribution in [1.29, 1.82) is 0 Å². The molecule has 26 heavy (non-hydrogen) atoms. The molecule has 1 aliphatic heterocycles. The summed E-state index contributed by atoms with van der Waals surface area (Å²) in [5.74, 6) is 1.93. The highest BCUT2D eigenvalue weighted by Gasteiger charge is 2.29. The first-order chi connectivity index (χ1) is 12.6. The second kappa shape index (κ2) is 11.4. The summed E-state index contributed by atoms with van der Waals surface area (Å²) < 4.78 is 5.49. The van der Waals surface area contributed by atoms with Gasteiger partial charge in [0.2, 0.25) is 5.91 Å². The Morgan fingerprint density at radius 3 is 2.46 bits per heavy atom. The Hall–Kier alpha value is -1.34. The second-order valence-electron chi connectivity index (χ2n) is 7.64. The lowest BCUT2D eigenvalue weighted by Gasteiger charge is -2.34. The first-order valence-corrected chi connectivity index (χ1v) is 10.2. The van der Waals surface area contributed by atoms with E-state index in [2.05, 4.69) is 41.6 Å². The van der Waals surface area contributed by atoms with E-state index in [1.807, 2.05) is 0 Å². The van der Waals surface area contributed by atoms with Crippen molar-refractivity contribution in [2.75, 3.05) is 52.5 Å². The number of hydrogen-bond acceptors (Lipinski definition) is 4. The summed E-state index contributed by atoms with van der Waals surface area (Å²) in [6.45, 7) is 13.2. The summed E-state index contributed by atoms with van der Waals surface area (Å²) in [7, 11) is 0. The van der Waals surface area contributed by atoms with E-state index in [9.17, 15) is 4.79 Å². The molecule has 1 saturated carbocycles. The van der Waals surface area contributed by atoms with E-state index in [0.717, 1.165) is 64.6 Å². The molecule has 1 saturated heterocycles. The van der Waals surface area contributed by atoms with Gasteiger partial charge in [-0.3, -0.25) is 14.7 Å². The van der Waals surface area contributed by atoms with Gasteiger partial charge in [0.1, 0.15) is 0 Å². The first kappa shape index (κ1) is 21.0. The maximum Gasteiger partial charge on any atom is 0.223 e. The number of aliphatic imine (C=N–C) groups is 1. The molecule has 2 fully saturated rings. The van der Waals surface area contributed by atoms with Crippen LogP contribution in [-0.2, 0) is 9.53 Å². The van der Waals surface area contributed by atoms with Gasteiger partial charge < -0.3 is 20.7 Å². The molecule has 150 valence electrons. The van der Waals surface area contributed by atoms with Crippen LogP contribution in [0.5, 0.6) is 0 Å². The van der Waals surface area contributed by atoms with Crippen molar-refractivity contribution in [2.45, 2.75) is 46.1 Å². The van der Waals surface area contributed by atoms with E-state index in [0.29, 0.717) is 25.0 Å². The van der Waals surface area contributed by atoms with Crippen molar-refractivity contribution in [2.24, 2.45) is 16.8 Å². The molecule has 0 radical (unpaired) electrons. The summed E-state index contributed by atoms with van der Waals surface area (Å²) in [6.07, 6.45) is 3.23. The predicted octanol–water partition coefficient (Wildman–Crippen LogP) is 0.815. The van der Waals surface area contributed by atoms with E-state index >= 15 is 0 Å². The average molecular weight is 368 g/mol. The SMILES string of the molecule is CCNC(=NCC(CC(C)C)N1CCOCC1)NCCNC(=O)C1CC1. The molecule has 2 rings (SSSR count). The van der Waals surface area contributed by atoms with Gasteiger partial charge >= 0.3 is 0 Å². The molecule has 1 atom stereocenters. The first-order valence-electron chi connectivity index (χ1n) is 10.2. The molecule has 0 aromatic heterocycles. The zero-order valence-electron chi connectivity index (χ0n) is 16.7. The molecule has 1 heterocycles. The van der Waals surface area contributed by atoms with Crippen molar-refractivity contribution in [3.8, 4) is 0 Å². The number of carbonyl (C=O) groups excluding carboxylic acids is 1. The Morgan fingerprint density at radius 1 is 1.15 bits per heavy atom. The Kier molecular flexibility index (Phi) is 9.18. The fourth-order valence-electron chi connectivity index (χ4n) is 3.22. The summed E-state index contributed by atoms with van der Waals surface area (Å²) in [6, 6.07) is 0.448. The van der Waals surface area contributed by atoms with Gasteiger partial charge in [-0.2, -0.15) is 0 Å². The molecule has 0 aromatic carbocycles. The maximum atomic E-state index is 11.7. The molecule has 3 N–H and O–H groups in total. The smallest absolute Gasteiger partial charge is 0.223 e. The average Bonchev–Trinajstić information content (AvgIpc) is 3.47. The number of amides is 1. The highest BCUT2D eigenvalue weighted by atomic mass is 16.5. The number of guanidine groups is 1. The van der Waals surface area contributed by atoms with E-state index < -0.39 is 0 Å². The Balaban J connectivity index is 1.79. The van der Waals surface area contributed by atoms with Gasteiger partial charge in [0.05, 0.1) is 19.8 Å². The maximum absolute atomic E-state index is 11.7. The van der Waals surface area contributed by atoms with E-state index in [1.54, 1.807) is 0 Å². The van der Waals surface area contributed by atoms with E-state index in [1.165, 1.54) is 0 Å². The molecule has 1 unspecified atom stereocenters. The van der Waals surface area contributed by atoms with Crippen LogP contribution in [0, 0.1) is 11.8 Å². The topological polar surface area (TPSA) is 78.0 Å². The number of morpholine rings is 1. The van der Waals surface area contributed by atoms with Crippen molar-refractivity contribution >= 4 is 11.9 Å². The molecule has 0 spiro atoms. The van der Waals surface area contributed by atoms with Gasteiger partial charge in [0, 0.05) is 44.7 Å². The zero-order chi connectivity index (χ0) is 18.8. The monoisotopic (exact) mass is 367 g/mol. The van der Waals surface area contributed by atoms with Gasteiger partial charge in [-0.15, -0.1) is 0 Å². The second-order valence-corrected chi connectivity index (χ2v) is 7.64. The van der Waals surface area contributed by atoms with Crippen LogP contribution in [0.4, 0.5) is 0 Å². The lowest BCUT2D eigenvalue weighted by molar-refractivity contribution is -0.122. The normalized spacial score (nSPS) is 20.1. The van der Waals surface area contributed by atoms with Crippen LogP contribution >= 0.6 is 0 Å². The predicted molar refractivity (Wildman–Crippen MR) is 105 cm³/mol. The summed E-state index contributed by atoms with van der Waals surface area (Å²) in [5, 5.41) is 9.61. The third-order valence-electron chi connectivity index (χ3n) is 4.77. The molecular formula is C19H37N5O2. The van der Waals surface area contributed by atoms with Crippen LogP contribution in [0.25, 0.3) is 0 Å². The van der Waals surface area contributed by atoms with Crippen LogP contribution in [0.1, 0.15) is 40.0 Å². The van der Waals surface area contributed by atoms with Gasteiger partial charge in [0.25, 0.3) is 0 Å². The fourth-order valence-corrected chi connectivity index (χ4v) is 3.22. The lowest BCUT2D eigenvalue weighted by atomic mass is 10.0. The Bertz CT molecular complexity index is 445. The number of rotatable bonds is 10. The minimum absolute atomic E-state index is 0.193. The van der Waals surface area contributed by atoms with Crippen molar-refractivity contribution in [1.82, 2.24) is 20.9 Å². The summed E-state index contributed by atoms with van der Waals surface area (Å²) >= 11 is 0. The van der Waals surface area contributed by atoms with Gasteiger partial charge in [-0.25, -0.2) is 0 Å². The fraction of sp³-hybridized carbons (Fsp3) is 0.895. The van der Waals surface area contributed by atoms with Crippen LogP contribution in [0.2, 0.25) is 0 Å². The van der Waals surface area contributed by atoms with Gasteiger partial charge in [0.15, 0.2) is 5.96 Å². The van der Waals surface area contributed by atoms with Crippen LogP contribution in [0.3, 0.4) is 0 Å². The third kappa shape index (κ3) is 7.91. The number of hydrogen-bond donors (Lipinski definition) is 3. The van der Waals surface area contributed by atoms with E-state index in [-0.39, 0.29) is 11.8 Å². The minimum Gasteiger partial charge on any atom is -0.379 e. The number of ether oxygens (including phenoxy) is 1. The van der Waals surface area contributed by atoms with Gasteiger partial charge in [-0.05, 0) is 32.1 Å². The third-order valence-corrected chi connectivity index (χ3v) is 4.77. The number of carbonyl (C=O) groups is 1. The van der Waals surface area contributed by atoms with Crippen molar-refractivity contribution in [3.63, 3.8) is 0 Å². The zero-order valence-corrected chi connectivity index (χ0v) is 16.7. The van der Waals surface area contributed by atoms with Crippen LogP contribution < -0.4 is 16.0 Å². The summed E-state index contributed by atoms with van der Waals surface area (Å²) in [4.78, 5) is 19.0. The largest absolute Gasteiger partial charge is 0.379 e. The molecule has 0 aromatic rings. The van der Waals surface area contributed by atoms with Crippen LogP contribution in [-0.4, -0.2) is 75.3 Å². The minimum atomic E-state index is 0.193. The quantitative estimate of drug-likeness (QED) is 0.303. The summed E-state index contributed by atoms with van der Waals surface area (Å²) in [5.41, 5.74) is 0. The highest BCUT2D eigenvalue weighted by Crippen LogP contribution is 2.28. The highest BCUT2D eigenvalue weighted by molar-refractivity contribution is 5.81. The molecule has 2 aliphatic rings. The van der Waals surface area contributed by atoms with Crippen molar-refractivity contribution in [3.05, 3.63) is 0 Å². The molecule has 1 aliphatic carbocycles. The molecule has 1 amide bonds. The van der Waals surface area contributed by atoms with Crippen LogP contribution in [0.15, 0.2) is 4.99 Å². The number of nitrogens with one attached hydrogen (secondary N) is 3.